The van der Waals surface area contributed by atoms with Crippen LogP contribution in [0.1, 0.15) is 101 Å². The fraction of sp³-hybridized carbons (Fsp3) is 0.750. The van der Waals surface area contributed by atoms with Crippen molar-refractivity contribution in [3.8, 4) is 0 Å². The Hall–Kier alpha value is -0.860. The van der Waals surface area contributed by atoms with E-state index in [0.717, 1.165) is 25.0 Å². The van der Waals surface area contributed by atoms with Crippen LogP contribution < -0.4 is 0 Å². The molecule has 2 aliphatic rings. The molecule has 0 spiro atoms. The van der Waals surface area contributed by atoms with Crippen molar-refractivity contribution in [2.45, 2.75) is 90.3 Å². The second kappa shape index (κ2) is 10.5. The highest BCUT2D eigenvalue weighted by molar-refractivity contribution is 5.26. The van der Waals surface area contributed by atoms with E-state index in [1.54, 1.807) is 0 Å². The summed E-state index contributed by atoms with van der Waals surface area (Å²) in [5.41, 5.74) is 2.69. The van der Waals surface area contributed by atoms with Gasteiger partial charge in [-0.25, -0.2) is 0 Å². The zero-order valence-corrected chi connectivity index (χ0v) is 16.9. The molecule has 0 atom stereocenters. The first-order chi connectivity index (χ1) is 12.8. The summed E-state index contributed by atoms with van der Waals surface area (Å²) in [6, 6.07) is 9.10. The smallest absolute Gasteiger partial charge is 0.183 e. The van der Waals surface area contributed by atoms with E-state index in [9.17, 15) is 0 Å². The molecule has 2 fully saturated rings. The number of ether oxygens (including phenoxy) is 2. The van der Waals surface area contributed by atoms with Crippen molar-refractivity contribution in [3.63, 3.8) is 0 Å². The fourth-order valence-electron chi connectivity index (χ4n) is 4.70. The minimum Gasteiger partial charge on any atom is -0.348 e. The lowest BCUT2D eigenvalue weighted by Gasteiger charge is -2.31. The van der Waals surface area contributed by atoms with Crippen LogP contribution in [0.15, 0.2) is 24.3 Å². The Balaban J connectivity index is 1.45. The zero-order valence-electron chi connectivity index (χ0n) is 16.9. The van der Waals surface area contributed by atoms with Crippen molar-refractivity contribution in [2.24, 2.45) is 11.8 Å². The van der Waals surface area contributed by atoms with E-state index < -0.39 is 0 Å². The maximum Gasteiger partial charge on any atom is 0.183 e. The second-order valence-corrected chi connectivity index (χ2v) is 8.53. The molecule has 2 heteroatoms. The monoisotopic (exact) mass is 358 g/mol. The molecule has 1 saturated carbocycles. The summed E-state index contributed by atoms with van der Waals surface area (Å²) in [5, 5.41) is 0. The zero-order chi connectivity index (χ0) is 18.2. The van der Waals surface area contributed by atoms with Gasteiger partial charge < -0.3 is 9.47 Å². The number of hydrogen-bond acceptors (Lipinski definition) is 2. The van der Waals surface area contributed by atoms with Gasteiger partial charge in [-0.2, -0.15) is 0 Å². The van der Waals surface area contributed by atoms with Crippen molar-refractivity contribution >= 4 is 0 Å². The van der Waals surface area contributed by atoms with E-state index in [1.807, 2.05) is 0 Å². The van der Waals surface area contributed by atoms with E-state index in [2.05, 4.69) is 38.1 Å². The highest BCUT2D eigenvalue weighted by Crippen LogP contribution is 2.38. The molecule has 0 unspecified atom stereocenters. The maximum atomic E-state index is 6.01. The van der Waals surface area contributed by atoms with E-state index in [0.29, 0.717) is 5.92 Å². The minimum atomic E-state index is -0.160. The summed E-state index contributed by atoms with van der Waals surface area (Å²) in [7, 11) is 0. The lowest BCUT2D eigenvalue weighted by Crippen LogP contribution is -2.27. The molecule has 1 aliphatic heterocycles. The van der Waals surface area contributed by atoms with Gasteiger partial charge in [0.1, 0.15) is 0 Å². The Bertz CT molecular complexity index is 493. The van der Waals surface area contributed by atoms with Crippen LogP contribution in [0.25, 0.3) is 0 Å². The van der Waals surface area contributed by atoms with E-state index in [4.69, 9.17) is 9.47 Å². The molecule has 1 aromatic carbocycles. The molecule has 1 heterocycles. The molecule has 146 valence electrons. The Morgan fingerprint density at radius 1 is 0.731 bits per heavy atom. The van der Waals surface area contributed by atoms with Crippen LogP contribution in [-0.2, 0) is 9.47 Å². The molecular weight excluding hydrogens is 320 g/mol. The molecule has 26 heavy (non-hydrogen) atoms. The summed E-state index contributed by atoms with van der Waals surface area (Å²) in [6.45, 7) is 6.26. The molecule has 2 nitrogen and oxygen atoms in total. The third kappa shape index (κ3) is 5.57. The second-order valence-electron chi connectivity index (χ2n) is 8.53. The van der Waals surface area contributed by atoms with E-state index >= 15 is 0 Å². The van der Waals surface area contributed by atoms with Gasteiger partial charge in [0.05, 0.1) is 13.2 Å². The fourth-order valence-corrected chi connectivity index (χ4v) is 4.70. The van der Waals surface area contributed by atoms with Gasteiger partial charge in [0.15, 0.2) is 6.29 Å². The molecule has 1 aliphatic carbocycles. The number of rotatable bonds is 8. The Labute approximate surface area is 160 Å². The third-order valence-electron chi connectivity index (χ3n) is 6.41. The topological polar surface area (TPSA) is 18.5 Å². The van der Waals surface area contributed by atoms with Gasteiger partial charge in [0, 0.05) is 11.5 Å². The molecule has 0 aromatic heterocycles. The number of hydrogen-bond donors (Lipinski definition) is 0. The summed E-state index contributed by atoms with van der Waals surface area (Å²) >= 11 is 0. The van der Waals surface area contributed by atoms with Crippen LogP contribution in [0, 0.1) is 11.8 Å². The summed E-state index contributed by atoms with van der Waals surface area (Å²) in [4.78, 5) is 0. The van der Waals surface area contributed by atoms with Crippen LogP contribution >= 0.6 is 0 Å². The van der Waals surface area contributed by atoms with Gasteiger partial charge in [-0.3, -0.25) is 0 Å². The summed E-state index contributed by atoms with van der Waals surface area (Å²) < 4.78 is 12.0. The van der Waals surface area contributed by atoms with Gasteiger partial charge in [0.25, 0.3) is 0 Å². The van der Waals surface area contributed by atoms with Gasteiger partial charge in [-0.05, 0) is 49.5 Å². The first-order valence-corrected chi connectivity index (χ1v) is 11.1. The summed E-state index contributed by atoms with van der Waals surface area (Å²) in [5.74, 6) is 2.31. The molecule has 1 aromatic rings. The van der Waals surface area contributed by atoms with E-state index in [-0.39, 0.29) is 6.29 Å². The Morgan fingerprint density at radius 2 is 1.38 bits per heavy atom. The first kappa shape index (κ1) is 19.9. The van der Waals surface area contributed by atoms with Gasteiger partial charge in [0.2, 0.25) is 0 Å². The minimum absolute atomic E-state index is 0.160. The average molecular weight is 359 g/mol. The van der Waals surface area contributed by atoms with Crippen molar-refractivity contribution in [2.75, 3.05) is 13.2 Å². The first-order valence-electron chi connectivity index (χ1n) is 11.1. The lowest BCUT2D eigenvalue weighted by atomic mass is 9.77. The van der Waals surface area contributed by atoms with Crippen molar-refractivity contribution in [1.29, 1.82) is 0 Å². The van der Waals surface area contributed by atoms with Crippen molar-refractivity contribution in [3.05, 3.63) is 35.4 Å². The highest BCUT2D eigenvalue weighted by atomic mass is 16.7. The predicted molar refractivity (Wildman–Crippen MR) is 108 cm³/mol. The lowest BCUT2D eigenvalue weighted by molar-refractivity contribution is -0.206. The Morgan fingerprint density at radius 3 is 2.00 bits per heavy atom. The molecule has 0 amide bonds. The SMILES string of the molecule is CCCCCC1COC(c2ccc([C@H]3CC[C@H](CCC)CC3)cc2)OC1. The van der Waals surface area contributed by atoms with Gasteiger partial charge in [-0.1, -0.05) is 70.2 Å². The quantitative estimate of drug-likeness (QED) is 0.466. The average Bonchev–Trinajstić information content (AvgIpc) is 2.70. The Kier molecular flexibility index (Phi) is 8.01. The van der Waals surface area contributed by atoms with E-state index in [1.165, 1.54) is 75.3 Å². The number of unbranched alkanes of at least 4 members (excludes halogenated alkanes) is 2. The third-order valence-corrected chi connectivity index (χ3v) is 6.41. The maximum absolute atomic E-state index is 6.01. The molecule has 3 rings (SSSR count). The van der Waals surface area contributed by atoms with Gasteiger partial charge >= 0.3 is 0 Å². The molecular formula is C24H38O2. The van der Waals surface area contributed by atoms with Crippen LogP contribution in [0.2, 0.25) is 0 Å². The molecule has 1 saturated heterocycles. The molecule has 0 N–H and O–H groups in total. The normalized spacial score (nSPS) is 29.6. The van der Waals surface area contributed by atoms with Crippen LogP contribution in [0.3, 0.4) is 0 Å². The largest absolute Gasteiger partial charge is 0.348 e. The van der Waals surface area contributed by atoms with Crippen molar-refractivity contribution in [1.82, 2.24) is 0 Å². The standard InChI is InChI=1S/C24H38O2/c1-3-5-6-8-20-17-25-24(26-18-20)23-15-13-22(14-16-23)21-11-9-19(7-4-2)10-12-21/h13-16,19-21,24H,3-12,17-18H2,1-2H3/t19-,20?,21-,24?. The van der Waals surface area contributed by atoms with Crippen LogP contribution in [-0.4, -0.2) is 13.2 Å². The number of benzene rings is 1. The van der Waals surface area contributed by atoms with Crippen LogP contribution in [0.4, 0.5) is 0 Å². The van der Waals surface area contributed by atoms with Crippen molar-refractivity contribution < 1.29 is 9.47 Å². The highest BCUT2D eigenvalue weighted by Gasteiger charge is 2.25. The molecule has 0 radical (unpaired) electrons. The predicted octanol–water partition coefficient (Wildman–Crippen LogP) is 7.00. The summed E-state index contributed by atoms with van der Waals surface area (Å²) in [6.07, 6.45) is 13.3. The molecule has 0 bridgehead atoms. The van der Waals surface area contributed by atoms with Crippen LogP contribution in [0.5, 0.6) is 0 Å². The van der Waals surface area contributed by atoms with Gasteiger partial charge in [-0.15, -0.1) is 0 Å².